The highest BCUT2D eigenvalue weighted by Gasteiger charge is 2.25. The van der Waals surface area contributed by atoms with Crippen LogP contribution in [0.1, 0.15) is 156 Å². The van der Waals surface area contributed by atoms with Gasteiger partial charge in [0.05, 0.1) is 29.3 Å². The number of nitrogens with one attached hydrogen (secondary N) is 4. The predicted molar refractivity (Wildman–Crippen MR) is 203 cm³/mol. The Morgan fingerprint density at radius 1 is 1.15 bits per heavy atom. The summed E-state index contributed by atoms with van der Waals surface area (Å²) in [5.74, 6) is 4.45. The van der Waals surface area contributed by atoms with Gasteiger partial charge in [0.15, 0.2) is 0 Å². The Labute approximate surface area is 292 Å². The van der Waals surface area contributed by atoms with Crippen LogP contribution in [-0.2, 0) is 11.3 Å². The summed E-state index contributed by atoms with van der Waals surface area (Å²) in [6, 6.07) is 2.20. The molecule has 1 aliphatic heterocycles. The number of aromatic amines is 1. The number of carbonyl (C=O) groups excluding carboxylic acids is 1. The van der Waals surface area contributed by atoms with E-state index in [1.54, 1.807) is 0 Å². The lowest BCUT2D eigenvalue weighted by Crippen LogP contribution is -2.33. The molecule has 3 heterocycles. The largest absolute Gasteiger partial charge is 0.375 e. The molecule has 1 amide bonds. The van der Waals surface area contributed by atoms with E-state index >= 15 is 0 Å². The van der Waals surface area contributed by atoms with Gasteiger partial charge >= 0.3 is 0 Å². The Morgan fingerprint density at radius 2 is 1.88 bits per heavy atom. The lowest BCUT2D eigenvalue weighted by Gasteiger charge is -2.21. The molecule has 4 N–H and O–H groups in total. The third kappa shape index (κ3) is 14.9. The first-order valence-corrected chi connectivity index (χ1v) is 18.9. The Kier molecular flexibility index (Phi) is 18.6. The van der Waals surface area contributed by atoms with Crippen molar-refractivity contribution in [1.82, 2.24) is 30.4 Å². The Morgan fingerprint density at radius 3 is 2.38 bits per heavy atom. The summed E-state index contributed by atoms with van der Waals surface area (Å²) in [5.41, 5.74) is 6.61. The van der Waals surface area contributed by atoms with E-state index in [0.29, 0.717) is 5.92 Å². The van der Waals surface area contributed by atoms with Gasteiger partial charge in [-0.15, -0.1) is 0 Å². The Balaban J connectivity index is 0.000000284. The van der Waals surface area contributed by atoms with Crippen LogP contribution in [0.5, 0.6) is 0 Å². The zero-order valence-corrected chi connectivity index (χ0v) is 32.0. The maximum Gasteiger partial charge on any atom is 0.220 e. The molecule has 4 unspecified atom stereocenters. The van der Waals surface area contributed by atoms with Gasteiger partial charge in [-0.2, -0.15) is 5.10 Å². The molecule has 0 aromatic carbocycles. The Bertz CT molecular complexity index is 1270. The van der Waals surface area contributed by atoms with E-state index in [2.05, 4.69) is 80.7 Å². The van der Waals surface area contributed by atoms with Gasteiger partial charge in [-0.1, -0.05) is 85.3 Å². The van der Waals surface area contributed by atoms with Gasteiger partial charge in [0.25, 0.3) is 0 Å². The summed E-state index contributed by atoms with van der Waals surface area (Å²) >= 11 is 0. The third-order valence-corrected chi connectivity index (χ3v) is 10.1. The van der Waals surface area contributed by atoms with Crippen LogP contribution in [0.2, 0.25) is 0 Å². The zero-order chi connectivity index (χ0) is 35.6. The van der Waals surface area contributed by atoms with Crippen molar-refractivity contribution in [3.05, 3.63) is 53.4 Å². The third-order valence-electron chi connectivity index (χ3n) is 10.1. The molecule has 2 fully saturated rings. The van der Waals surface area contributed by atoms with Crippen LogP contribution >= 0.6 is 0 Å². The van der Waals surface area contributed by atoms with Crippen molar-refractivity contribution >= 4 is 17.3 Å². The molecule has 1 saturated heterocycles. The average Bonchev–Trinajstić information content (AvgIpc) is 3.57. The normalized spacial score (nSPS) is 18.2. The lowest BCUT2D eigenvalue weighted by atomic mass is 9.87. The van der Waals surface area contributed by atoms with Gasteiger partial charge in [-0.05, 0) is 95.1 Å². The minimum atomic E-state index is 0.197. The summed E-state index contributed by atoms with van der Waals surface area (Å²) in [4.78, 5) is 18.2. The summed E-state index contributed by atoms with van der Waals surface area (Å²) < 4.78 is 1.96. The fourth-order valence-electron chi connectivity index (χ4n) is 6.15. The van der Waals surface area contributed by atoms with Gasteiger partial charge in [0.2, 0.25) is 5.91 Å². The lowest BCUT2D eigenvalue weighted by molar-refractivity contribution is -0.122. The van der Waals surface area contributed by atoms with Gasteiger partial charge in [0, 0.05) is 31.4 Å². The first-order valence-electron chi connectivity index (χ1n) is 18.9. The van der Waals surface area contributed by atoms with Crippen molar-refractivity contribution in [3.63, 3.8) is 0 Å². The van der Waals surface area contributed by atoms with E-state index in [4.69, 9.17) is 5.41 Å². The number of nitrogens with zero attached hydrogens (tertiary/aromatic N) is 3. The molecule has 48 heavy (non-hydrogen) atoms. The number of aromatic nitrogens is 4. The van der Waals surface area contributed by atoms with E-state index in [1.807, 2.05) is 37.0 Å². The number of aryl methyl sites for hydroxylation is 2. The summed E-state index contributed by atoms with van der Waals surface area (Å²) in [6.07, 6.45) is 18.1. The second-order valence-electron chi connectivity index (χ2n) is 14.4. The first-order chi connectivity index (χ1) is 22.9. The summed E-state index contributed by atoms with van der Waals surface area (Å²) in [7, 11) is 0. The number of piperidine rings is 1. The van der Waals surface area contributed by atoms with Crippen molar-refractivity contribution in [2.75, 3.05) is 6.54 Å². The maximum atomic E-state index is 10.5. The monoisotopic (exact) mass is 664 g/mol. The molecule has 1 saturated carbocycles. The SMILES string of the molecule is C=C(NC(CCCC(C)CC)c1cnc(C)[nH]1)c1ccnn1CC.CC1CCC(=O)NC1.CCC(C)=C(CC(CC)CC1CC1)C(C)=N. The van der Waals surface area contributed by atoms with Crippen LogP contribution in [0.3, 0.4) is 0 Å². The molecular weight excluding hydrogens is 594 g/mol. The molecule has 0 bridgehead atoms. The van der Waals surface area contributed by atoms with Crippen molar-refractivity contribution in [2.24, 2.45) is 23.7 Å². The van der Waals surface area contributed by atoms with Crippen LogP contribution in [0.15, 0.2) is 36.2 Å². The predicted octanol–water partition coefficient (Wildman–Crippen LogP) is 9.95. The topological polar surface area (TPSA) is 111 Å². The quantitative estimate of drug-likeness (QED) is 0.126. The van der Waals surface area contributed by atoms with E-state index in [0.717, 1.165) is 91.6 Å². The second-order valence-corrected chi connectivity index (χ2v) is 14.4. The van der Waals surface area contributed by atoms with Crippen LogP contribution in [-0.4, -0.2) is 37.9 Å². The molecule has 0 spiro atoms. The fraction of sp³-hybridized carbons (Fsp3) is 0.700. The molecule has 2 aromatic rings. The number of imidazole rings is 1. The molecule has 0 radical (unpaired) electrons. The second kappa shape index (κ2) is 21.7. The van der Waals surface area contributed by atoms with Crippen LogP contribution in [0.25, 0.3) is 5.70 Å². The average molecular weight is 664 g/mol. The molecule has 8 heteroatoms. The molecule has 4 rings (SSSR count). The van der Waals surface area contributed by atoms with E-state index in [-0.39, 0.29) is 11.9 Å². The maximum absolute atomic E-state index is 10.5. The van der Waals surface area contributed by atoms with Gasteiger partial charge in [-0.3, -0.25) is 9.48 Å². The molecule has 2 aromatic heterocycles. The van der Waals surface area contributed by atoms with E-state index in [9.17, 15) is 4.79 Å². The zero-order valence-electron chi connectivity index (χ0n) is 32.0. The molecule has 8 nitrogen and oxygen atoms in total. The van der Waals surface area contributed by atoms with Crippen molar-refractivity contribution in [2.45, 2.75) is 152 Å². The number of hydrogen-bond donors (Lipinski definition) is 4. The van der Waals surface area contributed by atoms with Crippen LogP contribution in [0, 0.1) is 36.0 Å². The van der Waals surface area contributed by atoms with Gasteiger partial charge < -0.3 is 21.0 Å². The molecule has 4 atom stereocenters. The number of rotatable bonds is 17. The highest BCUT2D eigenvalue weighted by atomic mass is 16.1. The summed E-state index contributed by atoms with van der Waals surface area (Å²) in [6.45, 7) is 25.4. The molecule has 1 aliphatic carbocycles. The molecular formula is C40H69N7O. The number of amides is 1. The highest BCUT2D eigenvalue weighted by Crippen LogP contribution is 2.38. The first kappa shape index (κ1) is 41.0. The summed E-state index contributed by atoms with van der Waals surface area (Å²) in [5, 5.41) is 18.6. The number of hydrogen-bond acceptors (Lipinski definition) is 5. The van der Waals surface area contributed by atoms with E-state index in [1.165, 1.54) is 56.1 Å². The van der Waals surface area contributed by atoms with Crippen molar-refractivity contribution in [3.8, 4) is 0 Å². The van der Waals surface area contributed by atoms with Gasteiger partial charge in [0.1, 0.15) is 5.82 Å². The van der Waals surface area contributed by atoms with Crippen molar-refractivity contribution < 1.29 is 4.79 Å². The number of allylic oxidation sites excluding steroid dienone is 2. The fourth-order valence-corrected chi connectivity index (χ4v) is 6.15. The van der Waals surface area contributed by atoms with Crippen LogP contribution < -0.4 is 10.6 Å². The van der Waals surface area contributed by atoms with E-state index < -0.39 is 0 Å². The molecule has 270 valence electrons. The smallest absolute Gasteiger partial charge is 0.220 e. The number of carbonyl (C=O) groups is 1. The molecule has 2 aliphatic rings. The minimum Gasteiger partial charge on any atom is -0.375 e. The van der Waals surface area contributed by atoms with Crippen molar-refractivity contribution in [1.29, 1.82) is 5.41 Å². The minimum absolute atomic E-state index is 0.197. The standard InChI is InChI=1S/C19H31N5.C15H27N.C6H11NO/c1-6-14(3)9-8-10-17(18-13-20-16(5)23-18)22-15(4)19-11-12-21-24(19)7-2;1-5-11(3)15(12(4)16)10-13(6-2)9-14-7-8-14;1-5-2-3-6(8)7-4-5/h11-14,17,22H,4,6-10H2,1-3,5H3,(H,20,23);13-14,16H,5-10H2,1-4H3;5H,2-4H2,1H3,(H,7,8). The van der Waals surface area contributed by atoms with Crippen LogP contribution in [0.4, 0.5) is 0 Å². The Hall–Kier alpha value is -3.16. The highest BCUT2D eigenvalue weighted by molar-refractivity contribution is 5.96. The van der Waals surface area contributed by atoms with Gasteiger partial charge in [-0.25, -0.2) is 4.98 Å². The number of H-pyrrole nitrogens is 1.